The van der Waals surface area contributed by atoms with Crippen LogP contribution in [0.4, 0.5) is 0 Å². The molecule has 0 bridgehead atoms. The molecule has 0 saturated heterocycles. The Kier molecular flexibility index (Phi) is 3.21. The fourth-order valence-electron chi connectivity index (χ4n) is 2.12. The minimum absolute atomic E-state index is 0.0413. The van der Waals surface area contributed by atoms with E-state index in [0.29, 0.717) is 10.8 Å². The second kappa shape index (κ2) is 5.07. The number of hydroxylamine groups is 2. The predicted octanol–water partition coefficient (Wildman–Crippen LogP) is 2.07. The van der Waals surface area contributed by atoms with Gasteiger partial charge in [0.1, 0.15) is 0 Å². The van der Waals surface area contributed by atoms with Gasteiger partial charge in [-0.1, -0.05) is 23.3 Å². The van der Waals surface area contributed by atoms with E-state index in [9.17, 15) is 14.4 Å². The van der Waals surface area contributed by atoms with E-state index in [1.54, 1.807) is 25.1 Å². The number of hydrogen-bond acceptors (Lipinski definition) is 5. The Bertz CT molecular complexity index is 779. The van der Waals surface area contributed by atoms with Crippen LogP contribution in [0.1, 0.15) is 42.5 Å². The molecule has 1 aliphatic heterocycles. The van der Waals surface area contributed by atoms with Crippen LogP contribution < -0.4 is 0 Å². The predicted molar refractivity (Wildman–Crippen MR) is 76.1 cm³/mol. The highest BCUT2D eigenvalue weighted by Crippen LogP contribution is 2.23. The third-order valence-electron chi connectivity index (χ3n) is 3.49. The minimum Gasteiger partial charge on any atom is -0.323 e. The number of aromatic nitrogens is 1. The fraction of sp³-hybridized carbons (Fsp3) is 0.125. The molecule has 2 heterocycles. The van der Waals surface area contributed by atoms with E-state index >= 15 is 0 Å². The molecule has 6 heteroatoms. The molecule has 0 radical (unpaired) electrons. The van der Waals surface area contributed by atoms with E-state index < -0.39 is 17.8 Å². The molecule has 3 rings (SSSR count). The number of imide groups is 1. The maximum atomic E-state index is 12.1. The number of rotatable bonds is 2. The molecule has 0 spiro atoms. The fourth-order valence-corrected chi connectivity index (χ4v) is 2.12. The van der Waals surface area contributed by atoms with Crippen LogP contribution in [-0.4, -0.2) is 27.8 Å². The zero-order chi connectivity index (χ0) is 15.9. The van der Waals surface area contributed by atoms with E-state index in [1.165, 1.54) is 18.2 Å². The second-order valence-corrected chi connectivity index (χ2v) is 4.93. The van der Waals surface area contributed by atoms with Crippen LogP contribution in [0.3, 0.4) is 0 Å². The lowest BCUT2D eigenvalue weighted by Crippen LogP contribution is -2.33. The molecule has 2 amide bonds. The van der Waals surface area contributed by atoms with Gasteiger partial charge in [-0.25, -0.2) is 9.78 Å². The van der Waals surface area contributed by atoms with Gasteiger partial charge >= 0.3 is 5.97 Å². The summed E-state index contributed by atoms with van der Waals surface area (Å²) in [6.45, 7) is 3.62. The highest BCUT2D eigenvalue weighted by Gasteiger charge is 2.38. The summed E-state index contributed by atoms with van der Waals surface area (Å²) in [5.74, 6) is -2.16. The molecule has 1 aromatic heterocycles. The highest BCUT2D eigenvalue weighted by molar-refractivity contribution is 6.21. The maximum Gasteiger partial charge on any atom is 0.382 e. The van der Waals surface area contributed by atoms with Gasteiger partial charge in [-0.3, -0.25) is 9.59 Å². The monoisotopic (exact) mass is 296 g/mol. The molecule has 0 unspecified atom stereocenters. The van der Waals surface area contributed by atoms with Crippen LogP contribution in [0.15, 0.2) is 36.4 Å². The van der Waals surface area contributed by atoms with Gasteiger partial charge in [0.05, 0.1) is 11.1 Å². The number of aryl methyl sites for hydroxylation is 2. The van der Waals surface area contributed by atoms with E-state index in [2.05, 4.69) is 4.98 Å². The number of amides is 2. The summed E-state index contributed by atoms with van der Waals surface area (Å²) in [6.07, 6.45) is 0. The van der Waals surface area contributed by atoms with Crippen molar-refractivity contribution in [1.29, 1.82) is 0 Å². The maximum absolute atomic E-state index is 12.1. The summed E-state index contributed by atoms with van der Waals surface area (Å²) in [6, 6.07) is 9.51. The lowest BCUT2D eigenvalue weighted by Gasteiger charge is -2.12. The van der Waals surface area contributed by atoms with Crippen molar-refractivity contribution in [2.75, 3.05) is 0 Å². The van der Waals surface area contributed by atoms with Gasteiger partial charge in [-0.2, -0.15) is 0 Å². The first-order valence-corrected chi connectivity index (χ1v) is 6.63. The minimum atomic E-state index is -0.849. The van der Waals surface area contributed by atoms with Gasteiger partial charge < -0.3 is 4.84 Å². The molecule has 1 aromatic carbocycles. The van der Waals surface area contributed by atoms with Crippen LogP contribution in [-0.2, 0) is 4.84 Å². The largest absolute Gasteiger partial charge is 0.382 e. The third kappa shape index (κ3) is 2.14. The average molecular weight is 296 g/mol. The Morgan fingerprint density at radius 1 is 1.00 bits per heavy atom. The van der Waals surface area contributed by atoms with Gasteiger partial charge in [0.15, 0.2) is 5.69 Å². The normalized spacial score (nSPS) is 13.3. The summed E-state index contributed by atoms with van der Waals surface area (Å²) in [7, 11) is 0. The Hall–Kier alpha value is -3.02. The quantitative estimate of drug-likeness (QED) is 0.793. The molecule has 22 heavy (non-hydrogen) atoms. The second-order valence-electron chi connectivity index (χ2n) is 4.93. The Labute approximate surface area is 126 Å². The van der Waals surface area contributed by atoms with Crippen molar-refractivity contribution in [2.24, 2.45) is 0 Å². The van der Waals surface area contributed by atoms with Crippen molar-refractivity contribution < 1.29 is 19.2 Å². The van der Waals surface area contributed by atoms with Crippen molar-refractivity contribution >= 4 is 17.8 Å². The van der Waals surface area contributed by atoms with Crippen LogP contribution in [0.2, 0.25) is 0 Å². The zero-order valence-corrected chi connectivity index (χ0v) is 12.0. The third-order valence-corrected chi connectivity index (χ3v) is 3.49. The van der Waals surface area contributed by atoms with E-state index in [4.69, 9.17) is 4.84 Å². The van der Waals surface area contributed by atoms with Crippen molar-refractivity contribution in [1.82, 2.24) is 10.0 Å². The van der Waals surface area contributed by atoms with Crippen molar-refractivity contribution in [3.8, 4) is 0 Å². The summed E-state index contributed by atoms with van der Waals surface area (Å²) in [5.41, 5.74) is 2.08. The molecular formula is C16H12N2O4. The Balaban J connectivity index is 1.85. The molecule has 2 aromatic rings. The number of pyridine rings is 1. The first-order chi connectivity index (χ1) is 10.5. The average Bonchev–Trinajstić information content (AvgIpc) is 2.75. The molecular weight excluding hydrogens is 284 g/mol. The highest BCUT2D eigenvalue weighted by atomic mass is 16.7. The van der Waals surface area contributed by atoms with Crippen LogP contribution in [0, 0.1) is 13.8 Å². The first kappa shape index (κ1) is 13.9. The zero-order valence-electron chi connectivity index (χ0n) is 12.0. The summed E-state index contributed by atoms with van der Waals surface area (Å²) in [5, 5.41) is 0.476. The molecule has 0 fully saturated rings. The smallest absolute Gasteiger partial charge is 0.323 e. The molecule has 110 valence electrons. The number of hydrogen-bond donors (Lipinski definition) is 0. The van der Waals surface area contributed by atoms with Crippen molar-refractivity contribution in [3.63, 3.8) is 0 Å². The lowest BCUT2D eigenvalue weighted by molar-refractivity contribution is -0.0588. The number of benzene rings is 1. The molecule has 6 nitrogen and oxygen atoms in total. The molecule has 1 aliphatic rings. The summed E-state index contributed by atoms with van der Waals surface area (Å²) in [4.78, 5) is 45.3. The van der Waals surface area contributed by atoms with Gasteiger partial charge in [-0.05, 0) is 37.6 Å². The van der Waals surface area contributed by atoms with Gasteiger partial charge in [0, 0.05) is 5.69 Å². The lowest BCUT2D eigenvalue weighted by atomic mass is 10.1. The number of fused-ring (bicyclic) bond motifs is 1. The van der Waals surface area contributed by atoms with E-state index in [0.717, 1.165) is 5.56 Å². The van der Waals surface area contributed by atoms with E-state index in [1.807, 2.05) is 6.92 Å². The van der Waals surface area contributed by atoms with Gasteiger partial charge in [-0.15, -0.1) is 0 Å². The first-order valence-electron chi connectivity index (χ1n) is 6.63. The van der Waals surface area contributed by atoms with Crippen molar-refractivity contribution in [3.05, 3.63) is 64.5 Å². The van der Waals surface area contributed by atoms with Crippen LogP contribution >= 0.6 is 0 Å². The van der Waals surface area contributed by atoms with Crippen LogP contribution in [0.5, 0.6) is 0 Å². The van der Waals surface area contributed by atoms with Crippen LogP contribution in [0.25, 0.3) is 0 Å². The molecule has 0 saturated carbocycles. The van der Waals surface area contributed by atoms with Gasteiger partial charge in [0.2, 0.25) is 0 Å². The van der Waals surface area contributed by atoms with Crippen molar-refractivity contribution in [2.45, 2.75) is 13.8 Å². The van der Waals surface area contributed by atoms with E-state index in [-0.39, 0.29) is 16.8 Å². The summed E-state index contributed by atoms with van der Waals surface area (Å²) >= 11 is 0. The Morgan fingerprint density at radius 2 is 1.59 bits per heavy atom. The molecule has 0 aliphatic carbocycles. The molecule has 0 atom stereocenters. The van der Waals surface area contributed by atoms with Gasteiger partial charge in [0.25, 0.3) is 11.8 Å². The topological polar surface area (TPSA) is 76.6 Å². The summed E-state index contributed by atoms with van der Waals surface area (Å²) < 4.78 is 0. The molecule has 0 N–H and O–H groups in total. The standard InChI is InChI=1S/C16H12N2O4/c1-9-7-8-13(17-10(9)2)16(21)22-18-14(19)11-5-3-4-6-12(11)15(18)20/h3-8H,1-2H3. The number of nitrogens with zero attached hydrogens (tertiary/aromatic N) is 2. The SMILES string of the molecule is Cc1ccc(C(=O)ON2C(=O)c3ccccc3C2=O)nc1C. The number of carbonyl (C=O) groups is 3. The number of carbonyl (C=O) groups excluding carboxylic acids is 3. The Morgan fingerprint density at radius 3 is 2.14 bits per heavy atom.